The monoisotopic (exact) mass is 244 g/mol. The predicted molar refractivity (Wildman–Crippen MR) is 72.7 cm³/mol. The highest BCUT2D eigenvalue weighted by Gasteiger charge is 2.07. The molecule has 18 heavy (non-hydrogen) atoms. The number of carbonyl (C=O) groups excluding carboxylic acids is 2. The first-order valence-electron chi connectivity index (χ1n) is 5.62. The molecule has 0 spiro atoms. The molecule has 0 N–H and O–H groups in total. The Labute approximate surface area is 106 Å². The molecule has 0 bridgehead atoms. The van der Waals surface area contributed by atoms with Crippen LogP contribution in [0.15, 0.2) is 34.3 Å². The highest BCUT2D eigenvalue weighted by molar-refractivity contribution is 6.05. The van der Waals surface area contributed by atoms with E-state index < -0.39 is 0 Å². The Morgan fingerprint density at radius 2 is 1.00 bits per heavy atom. The van der Waals surface area contributed by atoms with Crippen LogP contribution in [0, 0.1) is 0 Å². The van der Waals surface area contributed by atoms with Crippen LogP contribution in [0.5, 0.6) is 0 Å². The summed E-state index contributed by atoms with van der Waals surface area (Å²) in [4.78, 5) is 30.9. The number of hydrogen-bond donors (Lipinski definition) is 0. The van der Waals surface area contributed by atoms with Crippen LogP contribution in [0.25, 0.3) is 0 Å². The summed E-state index contributed by atoms with van der Waals surface area (Å²) in [6, 6.07) is 6.34. The maximum Gasteiger partial charge on any atom is 0.276 e. The third-order valence-corrected chi connectivity index (χ3v) is 2.03. The molecule has 4 nitrogen and oxygen atoms in total. The molecule has 0 aromatic heterocycles. The molecule has 1 aromatic rings. The minimum Gasteiger partial charge on any atom is -0.267 e. The minimum atomic E-state index is -0.302. The Morgan fingerprint density at radius 3 is 1.22 bits per heavy atom. The average Bonchev–Trinajstić information content (AvgIpc) is 2.27. The van der Waals surface area contributed by atoms with Gasteiger partial charge in [0.25, 0.3) is 11.8 Å². The molecule has 0 aliphatic heterocycles. The fourth-order valence-electron chi connectivity index (χ4n) is 1.29. The van der Waals surface area contributed by atoms with Crippen molar-refractivity contribution in [2.75, 3.05) is 0 Å². The maximum atomic E-state index is 11.6. The van der Waals surface area contributed by atoms with Crippen LogP contribution >= 0.6 is 0 Å². The van der Waals surface area contributed by atoms with Crippen LogP contribution in [0.4, 0.5) is 0 Å². The van der Waals surface area contributed by atoms with Crippen molar-refractivity contribution in [3.63, 3.8) is 0 Å². The van der Waals surface area contributed by atoms with Gasteiger partial charge in [0, 0.05) is 22.6 Å². The average molecular weight is 244 g/mol. The Morgan fingerprint density at radius 1 is 0.722 bits per heavy atom. The number of carbonyl (C=O) groups is 2. The van der Waals surface area contributed by atoms with Crippen molar-refractivity contribution in [2.45, 2.75) is 27.7 Å². The minimum absolute atomic E-state index is 0.302. The summed E-state index contributed by atoms with van der Waals surface area (Å²) >= 11 is 0. The Balaban J connectivity index is 2.93. The molecule has 94 valence electrons. The number of rotatable bonds is 2. The van der Waals surface area contributed by atoms with E-state index in [9.17, 15) is 9.59 Å². The first-order chi connectivity index (χ1) is 8.40. The SMILES string of the molecule is CC(C)=NC(=O)c1ccc(C(=O)N=C(C)C)cc1. The second kappa shape index (κ2) is 6.00. The van der Waals surface area contributed by atoms with E-state index in [0.717, 1.165) is 0 Å². The number of benzene rings is 1. The first kappa shape index (κ1) is 14.0. The maximum absolute atomic E-state index is 11.6. The van der Waals surface area contributed by atoms with Gasteiger partial charge in [0.05, 0.1) is 0 Å². The van der Waals surface area contributed by atoms with Gasteiger partial charge in [0.2, 0.25) is 0 Å². The lowest BCUT2D eigenvalue weighted by Gasteiger charge is -1.99. The summed E-state index contributed by atoms with van der Waals surface area (Å²) in [6.45, 7) is 7.03. The lowest BCUT2D eigenvalue weighted by molar-refractivity contribution is 0.0991. The molecular formula is C14H16N2O2. The molecule has 0 heterocycles. The topological polar surface area (TPSA) is 58.9 Å². The van der Waals surface area contributed by atoms with Gasteiger partial charge in [0.15, 0.2) is 0 Å². The smallest absolute Gasteiger partial charge is 0.267 e. The number of aliphatic imine (C=N–C) groups is 2. The van der Waals surface area contributed by atoms with Gasteiger partial charge in [-0.05, 0) is 52.0 Å². The van der Waals surface area contributed by atoms with Crippen LogP contribution in [0.1, 0.15) is 48.4 Å². The Bertz CT molecular complexity index is 468. The Hall–Kier alpha value is -2.10. The van der Waals surface area contributed by atoms with Gasteiger partial charge in [-0.25, -0.2) is 9.98 Å². The third-order valence-electron chi connectivity index (χ3n) is 2.03. The second-order valence-corrected chi connectivity index (χ2v) is 4.31. The van der Waals surface area contributed by atoms with Gasteiger partial charge in [-0.1, -0.05) is 0 Å². The van der Waals surface area contributed by atoms with Crippen LogP contribution in [-0.4, -0.2) is 23.2 Å². The number of hydrogen-bond acceptors (Lipinski definition) is 2. The zero-order chi connectivity index (χ0) is 13.7. The van der Waals surface area contributed by atoms with Crippen molar-refractivity contribution in [1.29, 1.82) is 0 Å². The molecule has 4 heteroatoms. The van der Waals surface area contributed by atoms with Crippen molar-refractivity contribution in [2.24, 2.45) is 9.98 Å². The molecule has 1 aromatic carbocycles. The molecule has 2 amide bonds. The molecule has 0 atom stereocenters. The molecule has 0 aliphatic rings. The van der Waals surface area contributed by atoms with Crippen molar-refractivity contribution in [1.82, 2.24) is 0 Å². The molecule has 0 saturated heterocycles. The lowest BCUT2D eigenvalue weighted by atomic mass is 10.1. The number of nitrogens with zero attached hydrogens (tertiary/aromatic N) is 2. The quantitative estimate of drug-likeness (QED) is 0.751. The van der Waals surface area contributed by atoms with E-state index in [-0.39, 0.29) is 11.8 Å². The summed E-state index contributed by atoms with van der Waals surface area (Å²) < 4.78 is 0. The van der Waals surface area contributed by atoms with Crippen molar-refractivity contribution in [3.05, 3.63) is 35.4 Å². The van der Waals surface area contributed by atoms with E-state index in [1.54, 1.807) is 52.0 Å². The van der Waals surface area contributed by atoms with E-state index in [0.29, 0.717) is 22.6 Å². The van der Waals surface area contributed by atoms with Crippen LogP contribution < -0.4 is 0 Å². The zero-order valence-corrected chi connectivity index (χ0v) is 11.0. The zero-order valence-electron chi connectivity index (χ0n) is 11.0. The molecular weight excluding hydrogens is 228 g/mol. The van der Waals surface area contributed by atoms with E-state index in [1.165, 1.54) is 0 Å². The normalized spacial score (nSPS) is 9.56. The van der Waals surface area contributed by atoms with E-state index >= 15 is 0 Å². The van der Waals surface area contributed by atoms with E-state index in [1.807, 2.05) is 0 Å². The highest BCUT2D eigenvalue weighted by Crippen LogP contribution is 2.07. The van der Waals surface area contributed by atoms with Gasteiger partial charge in [-0.15, -0.1) is 0 Å². The molecule has 0 saturated carbocycles. The van der Waals surface area contributed by atoms with Crippen LogP contribution in [-0.2, 0) is 0 Å². The first-order valence-corrected chi connectivity index (χ1v) is 5.62. The van der Waals surface area contributed by atoms with E-state index in [2.05, 4.69) is 9.98 Å². The van der Waals surface area contributed by atoms with Gasteiger partial charge in [0.1, 0.15) is 0 Å². The molecule has 0 unspecified atom stereocenters. The summed E-state index contributed by atoms with van der Waals surface area (Å²) in [5.41, 5.74) is 2.33. The fourth-order valence-corrected chi connectivity index (χ4v) is 1.29. The largest absolute Gasteiger partial charge is 0.276 e. The highest BCUT2D eigenvalue weighted by atomic mass is 16.1. The number of amides is 2. The molecule has 0 aliphatic carbocycles. The van der Waals surface area contributed by atoms with Crippen molar-refractivity contribution >= 4 is 23.2 Å². The van der Waals surface area contributed by atoms with Crippen LogP contribution in [0.2, 0.25) is 0 Å². The van der Waals surface area contributed by atoms with Gasteiger partial charge >= 0.3 is 0 Å². The second-order valence-electron chi connectivity index (χ2n) is 4.31. The summed E-state index contributed by atoms with van der Waals surface area (Å²) in [5.74, 6) is -0.603. The third kappa shape index (κ3) is 4.05. The molecule has 0 radical (unpaired) electrons. The van der Waals surface area contributed by atoms with Crippen LogP contribution in [0.3, 0.4) is 0 Å². The summed E-state index contributed by atoms with van der Waals surface area (Å²) in [5, 5.41) is 0. The summed E-state index contributed by atoms with van der Waals surface area (Å²) in [7, 11) is 0. The summed E-state index contributed by atoms with van der Waals surface area (Å²) in [6.07, 6.45) is 0. The van der Waals surface area contributed by atoms with Gasteiger partial charge in [-0.3, -0.25) is 9.59 Å². The predicted octanol–water partition coefficient (Wildman–Crippen LogP) is 2.93. The van der Waals surface area contributed by atoms with Crippen molar-refractivity contribution in [3.8, 4) is 0 Å². The molecule has 1 rings (SSSR count). The molecule has 0 fully saturated rings. The lowest BCUT2D eigenvalue weighted by Crippen LogP contribution is -2.01. The fraction of sp³-hybridized carbons (Fsp3) is 0.286. The van der Waals surface area contributed by atoms with Gasteiger partial charge in [-0.2, -0.15) is 0 Å². The van der Waals surface area contributed by atoms with E-state index in [4.69, 9.17) is 0 Å². The van der Waals surface area contributed by atoms with Crippen molar-refractivity contribution < 1.29 is 9.59 Å². The standard InChI is InChI=1S/C14H16N2O2/c1-9(2)15-13(17)11-5-7-12(8-6-11)14(18)16-10(3)4/h5-8H,1-4H3. The Kier molecular flexibility index (Phi) is 4.66. The van der Waals surface area contributed by atoms with Gasteiger partial charge < -0.3 is 0 Å².